The quantitative estimate of drug-likeness (QED) is 0.218. The maximum atomic E-state index is 13.8. The lowest BCUT2D eigenvalue weighted by Crippen LogP contribution is -2.55. The molecule has 210 valence electrons. The van der Waals surface area contributed by atoms with Gasteiger partial charge in [-0.05, 0) is 72.3 Å². The molecule has 2 aliphatic rings. The van der Waals surface area contributed by atoms with E-state index < -0.39 is 35.9 Å². The van der Waals surface area contributed by atoms with Crippen molar-refractivity contribution in [1.82, 2.24) is 4.90 Å². The number of morpholine rings is 1. The number of carbonyl (C=O) groups is 2. The molecular weight excluding hydrogens is 493 g/mol. The first-order valence-corrected chi connectivity index (χ1v) is 14.0. The molecule has 0 bridgehead atoms. The lowest BCUT2D eigenvalue weighted by atomic mass is 9.81. The Morgan fingerprint density at radius 1 is 0.897 bits per heavy atom. The van der Waals surface area contributed by atoms with Crippen LogP contribution in [0.3, 0.4) is 0 Å². The number of ether oxygens (including phenoxy) is 2. The third-order valence-corrected chi connectivity index (χ3v) is 7.78. The summed E-state index contributed by atoms with van der Waals surface area (Å²) in [5.74, 6) is -0.419. The van der Waals surface area contributed by atoms with Gasteiger partial charge in [-0.25, -0.2) is 9.59 Å². The van der Waals surface area contributed by atoms with Crippen molar-refractivity contribution in [3.8, 4) is 0 Å². The molecule has 0 unspecified atom stereocenters. The molecular formula is C31H42BNO6. The molecule has 0 spiro atoms. The largest absolute Gasteiger partial charge is 0.457 e. The number of carbonyl (C=O) groups excluding carboxylic acids is 2. The number of rotatable bonds is 7. The second-order valence-electron chi connectivity index (χ2n) is 12.5. The van der Waals surface area contributed by atoms with E-state index in [9.17, 15) is 9.59 Å². The van der Waals surface area contributed by atoms with Crippen molar-refractivity contribution in [3.05, 3.63) is 71.8 Å². The number of nitrogens with zero attached hydrogens (tertiary/aromatic N) is 1. The molecule has 39 heavy (non-hydrogen) atoms. The van der Waals surface area contributed by atoms with Gasteiger partial charge in [0.05, 0.1) is 11.2 Å². The average molecular weight is 535 g/mol. The van der Waals surface area contributed by atoms with Crippen LogP contribution in [0.15, 0.2) is 60.7 Å². The Balaban J connectivity index is 1.58. The molecule has 0 aliphatic carbocycles. The van der Waals surface area contributed by atoms with E-state index >= 15 is 0 Å². The monoisotopic (exact) mass is 535 g/mol. The Hall–Kier alpha value is -2.84. The zero-order valence-corrected chi connectivity index (χ0v) is 24.3. The first-order valence-electron chi connectivity index (χ1n) is 14.0. The van der Waals surface area contributed by atoms with Crippen molar-refractivity contribution >= 4 is 19.2 Å². The molecule has 2 saturated heterocycles. The normalized spacial score (nSPS) is 24.4. The van der Waals surface area contributed by atoms with Crippen LogP contribution in [0.1, 0.15) is 91.0 Å². The topological polar surface area (TPSA) is 74.3 Å². The van der Waals surface area contributed by atoms with Crippen molar-refractivity contribution in [3.63, 3.8) is 0 Å². The highest BCUT2D eigenvalue weighted by atomic mass is 16.7. The van der Waals surface area contributed by atoms with Gasteiger partial charge in [0.25, 0.3) is 0 Å². The number of unbranched alkanes of at least 4 members (excludes halogenated alkanes) is 1. The van der Waals surface area contributed by atoms with Crippen molar-refractivity contribution in [1.29, 1.82) is 0 Å². The summed E-state index contributed by atoms with van der Waals surface area (Å²) in [6.45, 7) is 13.7. The van der Waals surface area contributed by atoms with E-state index in [-0.39, 0.29) is 18.3 Å². The van der Waals surface area contributed by atoms with Gasteiger partial charge < -0.3 is 18.8 Å². The van der Waals surface area contributed by atoms with Gasteiger partial charge in [-0.3, -0.25) is 4.90 Å². The Kier molecular flexibility index (Phi) is 8.48. The molecule has 7 nitrogen and oxygen atoms in total. The molecule has 0 saturated carbocycles. The fraction of sp³-hybridized carbons (Fsp3) is 0.548. The van der Waals surface area contributed by atoms with Crippen molar-refractivity contribution in [2.24, 2.45) is 0 Å². The Labute approximate surface area is 233 Å². The van der Waals surface area contributed by atoms with E-state index in [4.69, 9.17) is 18.8 Å². The van der Waals surface area contributed by atoms with Crippen LogP contribution in [0.4, 0.5) is 4.79 Å². The van der Waals surface area contributed by atoms with Gasteiger partial charge in [-0.1, -0.05) is 73.5 Å². The van der Waals surface area contributed by atoms with Crippen molar-refractivity contribution < 1.29 is 28.4 Å². The van der Waals surface area contributed by atoms with E-state index in [0.29, 0.717) is 19.2 Å². The second kappa shape index (κ2) is 11.3. The summed E-state index contributed by atoms with van der Waals surface area (Å²) in [5.41, 5.74) is 0.226. The highest BCUT2D eigenvalue weighted by molar-refractivity contribution is 6.45. The fourth-order valence-electron chi connectivity index (χ4n) is 5.14. The van der Waals surface area contributed by atoms with Crippen molar-refractivity contribution in [2.45, 2.75) is 109 Å². The molecule has 0 radical (unpaired) electrons. The van der Waals surface area contributed by atoms with Gasteiger partial charge >= 0.3 is 19.2 Å². The van der Waals surface area contributed by atoms with Crippen LogP contribution in [0.25, 0.3) is 0 Å². The molecule has 1 amide bonds. The lowest BCUT2D eigenvalue weighted by molar-refractivity contribution is -0.174. The summed E-state index contributed by atoms with van der Waals surface area (Å²) >= 11 is 0. The maximum absolute atomic E-state index is 13.8. The Morgan fingerprint density at radius 2 is 1.44 bits per heavy atom. The second-order valence-corrected chi connectivity index (χ2v) is 12.5. The van der Waals surface area contributed by atoms with E-state index in [1.54, 1.807) is 4.90 Å². The molecule has 2 aromatic rings. The third kappa shape index (κ3) is 6.67. The van der Waals surface area contributed by atoms with Gasteiger partial charge in [-0.15, -0.1) is 0 Å². The van der Waals surface area contributed by atoms with E-state index in [2.05, 4.69) is 0 Å². The van der Waals surface area contributed by atoms with E-state index in [1.165, 1.54) is 0 Å². The number of esters is 1. The summed E-state index contributed by atoms with van der Waals surface area (Å²) in [7, 11) is -0.296. The van der Waals surface area contributed by atoms with Gasteiger partial charge in [0.15, 0.2) is 6.10 Å². The van der Waals surface area contributed by atoms with Crippen molar-refractivity contribution in [2.75, 3.05) is 0 Å². The predicted molar refractivity (Wildman–Crippen MR) is 151 cm³/mol. The predicted octanol–water partition coefficient (Wildman–Crippen LogP) is 6.89. The zero-order chi connectivity index (χ0) is 28.4. The molecule has 0 N–H and O–H groups in total. The minimum absolute atomic E-state index is 0.296. The SMILES string of the molecule is CC(C)(C)OC(=O)N1[C@H](CCCCB2OC(C)(C)C(C)(C)O2)C(=O)O[C@@H](c2ccccc2)[C@H]1c1ccccc1. The first kappa shape index (κ1) is 29.2. The first-order chi connectivity index (χ1) is 18.3. The van der Waals surface area contributed by atoms with E-state index in [1.807, 2.05) is 109 Å². The minimum Gasteiger partial charge on any atom is -0.453 e. The molecule has 3 atom stereocenters. The molecule has 4 rings (SSSR count). The fourth-order valence-corrected chi connectivity index (χ4v) is 5.14. The third-order valence-electron chi connectivity index (χ3n) is 7.78. The van der Waals surface area contributed by atoms with Crippen LogP contribution in [0, 0.1) is 0 Å². The van der Waals surface area contributed by atoms with Gasteiger partial charge in [0.1, 0.15) is 17.7 Å². The molecule has 8 heteroatoms. The maximum Gasteiger partial charge on any atom is 0.457 e. The standard InChI is InChI=1S/C31H42BNO6/c1-29(2,3)37-28(35)33-24(20-14-15-21-32-38-30(4,5)31(6,7)39-32)27(34)36-26(23-18-12-9-13-19-23)25(33)22-16-10-8-11-17-22/h8-13,16-19,24-26H,14-15,20-21H2,1-7H3/t24-,25-,26+/m1/s1. The number of cyclic esters (lactones) is 1. The summed E-state index contributed by atoms with van der Waals surface area (Å²) in [5, 5.41) is 0. The van der Waals surface area contributed by atoms with Gasteiger partial charge in [0, 0.05) is 0 Å². The molecule has 2 aliphatic heterocycles. The summed E-state index contributed by atoms with van der Waals surface area (Å²) in [6.07, 6.45) is 1.44. The van der Waals surface area contributed by atoms with Crippen LogP contribution >= 0.6 is 0 Å². The smallest absolute Gasteiger partial charge is 0.453 e. The summed E-state index contributed by atoms with van der Waals surface area (Å²) in [4.78, 5) is 28.9. The lowest BCUT2D eigenvalue weighted by Gasteiger charge is -2.45. The van der Waals surface area contributed by atoms with Crippen LogP contribution in [0.2, 0.25) is 6.32 Å². The zero-order valence-electron chi connectivity index (χ0n) is 24.3. The number of amides is 1. The average Bonchev–Trinajstić information content (AvgIpc) is 3.07. The minimum atomic E-state index is -0.775. The van der Waals surface area contributed by atoms with Gasteiger partial charge in [-0.2, -0.15) is 0 Å². The van der Waals surface area contributed by atoms with E-state index in [0.717, 1.165) is 17.5 Å². The highest BCUT2D eigenvalue weighted by Gasteiger charge is 2.51. The van der Waals surface area contributed by atoms with Crippen LogP contribution in [-0.2, 0) is 23.6 Å². The number of benzene rings is 2. The summed E-state index contributed by atoms with van der Waals surface area (Å²) in [6, 6.07) is 18.0. The molecule has 2 aromatic carbocycles. The van der Waals surface area contributed by atoms with Crippen LogP contribution in [-0.4, -0.2) is 46.9 Å². The van der Waals surface area contributed by atoms with Gasteiger partial charge in [0.2, 0.25) is 0 Å². The molecule has 2 heterocycles. The number of hydrogen-bond donors (Lipinski definition) is 0. The van der Waals surface area contributed by atoms with Crippen LogP contribution < -0.4 is 0 Å². The summed E-state index contributed by atoms with van der Waals surface area (Å²) < 4.78 is 24.2. The van der Waals surface area contributed by atoms with Crippen LogP contribution in [0.5, 0.6) is 0 Å². The Bertz CT molecular complexity index is 1110. The highest BCUT2D eigenvalue weighted by Crippen LogP contribution is 2.44. The molecule has 0 aromatic heterocycles. The number of hydrogen-bond acceptors (Lipinski definition) is 6. The Morgan fingerprint density at radius 3 is 1.97 bits per heavy atom. The molecule has 2 fully saturated rings.